The van der Waals surface area contributed by atoms with E-state index in [9.17, 15) is 9.59 Å². The Morgan fingerprint density at radius 1 is 1.27 bits per heavy atom. The van der Waals surface area contributed by atoms with Crippen molar-refractivity contribution in [2.75, 3.05) is 19.6 Å². The minimum Gasteiger partial charge on any atom is -0.368 e. The molecule has 1 aromatic carbocycles. The number of hydrogen-bond acceptors (Lipinski definition) is 3. The van der Waals surface area contributed by atoms with Crippen LogP contribution in [-0.4, -0.2) is 36.3 Å². The second kappa shape index (κ2) is 8.15. The highest BCUT2D eigenvalue weighted by Crippen LogP contribution is 2.25. The lowest BCUT2D eigenvalue weighted by atomic mass is 9.87. The molecular formula is C16H24ClN3O2. The zero-order chi connectivity index (χ0) is 15.4. The van der Waals surface area contributed by atoms with E-state index in [-0.39, 0.29) is 36.8 Å². The highest BCUT2D eigenvalue weighted by Gasteiger charge is 2.34. The van der Waals surface area contributed by atoms with Crippen molar-refractivity contribution < 1.29 is 9.59 Å². The molecule has 0 aliphatic carbocycles. The molecule has 0 bridgehead atoms. The topological polar surface area (TPSA) is 75.4 Å². The van der Waals surface area contributed by atoms with Crippen LogP contribution in [0, 0.1) is 11.8 Å². The summed E-state index contributed by atoms with van der Waals surface area (Å²) in [5.74, 6) is -0.241. The summed E-state index contributed by atoms with van der Waals surface area (Å²) in [7, 11) is 0. The fourth-order valence-electron chi connectivity index (χ4n) is 2.61. The number of nitrogens with zero attached hydrogens (tertiary/aromatic N) is 1. The van der Waals surface area contributed by atoms with Crippen molar-refractivity contribution in [1.29, 1.82) is 0 Å². The zero-order valence-corrected chi connectivity index (χ0v) is 13.8. The van der Waals surface area contributed by atoms with Gasteiger partial charge in [0.15, 0.2) is 0 Å². The lowest BCUT2D eigenvalue weighted by Gasteiger charge is -2.37. The molecule has 1 heterocycles. The number of primary amides is 1. The number of carbonyl (C=O) groups is 2. The van der Waals surface area contributed by atoms with Crippen LogP contribution in [0.2, 0.25) is 0 Å². The van der Waals surface area contributed by atoms with Gasteiger partial charge in [0.1, 0.15) is 0 Å². The van der Waals surface area contributed by atoms with Crippen molar-refractivity contribution in [2.24, 2.45) is 17.6 Å². The molecule has 0 aromatic heterocycles. The third-order valence-electron chi connectivity index (χ3n) is 4.27. The van der Waals surface area contributed by atoms with Crippen LogP contribution >= 0.6 is 12.4 Å². The van der Waals surface area contributed by atoms with Gasteiger partial charge in [0.25, 0.3) is 0 Å². The average Bonchev–Trinajstić information content (AvgIpc) is 2.42. The maximum absolute atomic E-state index is 12.7. The fraction of sp³-hybridized carbons (Fsp3) is 0.500. The summed E-state index contributed by atoms with van der Waals surface area (Å²) in [6, 6.07) is 9.54. The molecule has 0 spiro atoms. The van der Waals surface area contributed by atoms with Crippen LogP contribution < -0.4 is 11.1 Å². The molecule has 3 N–H and O–H groups in total. The largest absolute Gasteiger partial charge is 0.368 e. The SMILES string of the molecule is CC(C(=O)N(CC(N)=O)[C@H](C)c1ccccc1)C1CNC1.Cl. The average molecular weight is 326 g/mol. The predicted octanol–water partition coefficient (Wildman–Crippen LogP) is 1.34. The summed E-state index contributed by atoms with van der Waals surface area (Å²) in [5.41, 5.74) is 6.33. The van der Waals surface area contributed by atoms with Crippen LogP contribution in [0.1, 0.15) is 25.5 Å². The smallest absolute Gasteiger partial charge is 0.237 e. The highest BCUT2D eigenvalue weighted by molar-refractivity contribution is 5.86. The summed E-state index contributed by atoms with van der Waals surface area (Å²) >= 11 is 0. The van der Waals surface area contributed by atoms with E-state index in [1.54, 1.807) is 4.90 Å². The van der Waals surface area contributed by atoms with Gasteiger partial charge in [-0.15, -0.1) is 12.4 Å². The normalized spacial score (nSPS) is 16.8. The van der Waals surface area contributed by atoms with Gasteiger partial charge in [0.2, 0.25) is 11.8 Å². The fourth-order valence-corrected chi connectivity index (χ4v) is 2.61. The van der Waals surface area contributed by atoms with Gasteiger partial charge in [-0.1, -0.05) is 37.3 Å². The van der Waals surface area contributed by atoms with E-state index >= 15 is 0 Å². The molecule has 1 unspecified atom stereocenters. The number of amides is 2. The molecule has 22 heavy (non-hydrogen) atoms. The minimum absolute atomic E-state index is 0. The zero-order valence-electron chi connectivity index (χ0n) is 13.0. The van der Waals surface area contributed by atoms with E-state index in [2.05, 4.69) is 5.32 Å². The number of halogens is 1. The van der Waals surface area contributed by atoms with Crippen LogP contribution in [-0.2, 0) is 9.59 Å². The maximum Gasteiger partial charge on any atom is 0.237 e. The lowest BCUT2D eigenvalue weighted by molar-refractivity contribution is -0.142. The molecule has 2 atom stereocenters. The predicted molar refractivity (Wildman–Crippen MR) is 88.5 cm³/mol. The number of nitrogens with one attached hydrogen (secondary N) is 1. The molecule has 6 heteroatoms. The molecule has 1 aliphatic heterocycles. The van der Waals surface area contributed by atoms with Crippen molar-refractivity contribution in [3.05, 3.63) is 35.9 Å². The Morgan fingerprint density at radius 2 is 1.86 bits per heavy atom. The van der Waals surface area contributed by atoms with Crippen LogP contribution in [0.25, 0.3) is 0 Å². The first kappa shape index (κ1) is 18.5. The van der Waals surface area contributed by atoms with Gasteiger partial charge in [0, 0.05) is 5.92 Å². The van der Waals surface area contributed by atoms with Gasteiger partial charge in [-0.3, -0.25) is 9.59 Å². The van der Waals surface area contributed by atoms with Crippen LogP contribution in [0.15, 0.2) is 30.3 Å². The lowest BCUT2D eigenvalue weighted by Crippen LogP contribution is -2.51. The Morgan fingerprint density at radius 3 is 2.32 bits per heavy atom. The quantitative estimate of drug-likeness (QED) is 0.828. The standard InChI is InChI=1S/C16H23N3O2.ClH/c1-11(14-8-18-9-14)16(21)19(10-15(17)20)12(2)13-6-4-3-5-7-13;/h3-7,11-12,14,18H,8-10H2,1-2H3,(H2,17,20);1H/t11?,12-;/m1./s1. The van der Waals surface area contributed by atoms with E-state index in [4.69, 9.17) is 5.73 Å². The highest BCUT2D eigenvalue weighted by atomic mass is 35.5. The van der Waals surface area contributed by atoms with Gasteiger partial charge in [-0.25, -0.2) is 0 Å². The van der Waals surface area contributed by atoms with E-state index in [0.717, 1.165) is 18.7 Å². The van der Waals surface area contributed by atoms with Gasteiger partial charge in [-0.05, 0) is 31.5 Å². The van der Waals surface area contributed by atoms with Crippen molar-refractivity contribution in [2.45, 2.75) is 19.9 Å². The molecule has 2 rings (SSSR count). The molecule has 1 aromatic rings. The monoisotopic (exact) mass is 325 g/mol. The molecule has 0 radical (unpaired) electrons. The molecule has 1 aliphatic rings. The van der Waals surface area contributed by atoms with Crippen molar-refractivity contribution in [3.63, 3.8) is 0 Å². The third-order valence-corrected chi connectivity index (χ3v) is 4.27. The minimum atomic E-state index is -0.481. The number of benzene rings is 1. The van der Waals surface area contributed by atoms with E-state index in [1.165, 1.54) is 0 Å². The molecule has 5 nitrogen and oxygen atoms in total. The summed E-state index contributed by atoms with van der Waals surface area (Å²) < 4.78 is 0. The van der Waals surface area contributed by atoms with Crippen LogP contribution in [0.5, 0.6) is 0 Å². The van der Waals surface area contributed by atoms with Crippen molar-refractivity contribution in [1.82, 2.24) is 10.2 Å². The molecule has 1 saturated heterocycles. The second-order valence-corrected chi connectivity index (χ2v) is 5.73. The molecular weight excluding hydrogens is 302 g/mol. The Balaban J connectivity index is 0.00000242. The number of carbonyl (C=O) groups excluding carboxylic acids is 2. The Bertz CT molecular complexity index is 505. The van der Waals surface area contributed by atoms with Gasteiger partial charge in [-0.2, -0.15) is 0 Å². The molecule has 122 valence electrons. The summed E-state index contributed by atoms with van der Waals surface area (Å²) in [5, 5.41) is 3.18. The van der Waals surface area contributed by atoms with Crippen LogP contribution in [0.4, 0.5) is 0 Å². The molecule has 2 amide bonds. The second-order valence-electron chi connectivity index (χ2n) is 5.73. The number of nitrogens with two attached hydrogens (primary N) is 1. The van der Waals surface area contributed by atoms with Gasteiger partial charge >= 0.3 is 0 Å². The Hall–Kier alpha value is -1.59. The third kappa shape index (κ3) is 4.21. The van der Waals surface area contributed by atoms with E-state index < -0.39 is 5.91 Å². The number of hydrogen-bond donors (Lipinski definition) is 2. The first-order chi connectivity index (χ1) is 10.0. The first-order valence-electron chi connectivity index (χ1n) is 7.35. The summed E-state index contributed by atoms with van der Waals surface area (Å²) in [6.45, 7) is 5.54. The number of rotatable bonds is 6. The molecule has 0 saturated carbocycles. The Kier molecular flexibility index (Phi) is 6.84. The maximum atomic E-state index is 12.7. The van der Waals surface area contributed by atoms with Crippen molar-refractivity contribution >= 4 is 24.2 Å². The van der Waals surface area contributed by atoms with Crippen molar-refractivity contribution in [3.8, 4) is 0 Å². The van der Waals surface area contributed by atoms with Crippen LogP contribution in [0.3, 0.4) is 0 Å². The Labute approximate surface area is 137 Å². The van der Waals surface area contributed by atoms with Gasteiger partial charge in [0.05, 0.1) is 12.6 Å². The van der Waals surface area contributed by atoms with E-state index in [0.29, 0.717) is 5.92 Å². The molecule has 1 fully saturated rings. The summed E-state index contributed by atoms with van der Waals surface area (Å²) in [6.07, 6.45) is 0. The van der Waals surface area contributed by atoms with E-state index in [1.807, 2.05) is 44.2 Å². The van der Waals surface area contributed by atoms with Gasteiger partial charge < -0.3 is 16.0 Å². The first-order valence-corrected chi connectivity index (χ1v) is 7.35. The summed E-state index contributed by atoms with van der Waals surface area (Å²) in [4.78, 5) is 25.7.